The molecule has 1 unspecified atom stereocenters. The first-order valence-corrected chi connectivity index (χ1v) is 10.5. The van der Waals surface area contributed by atoms with Gasteiger partial charge in [-0.3, -0.25) is 0 Å². The van der Waals surface area contributed by atoms with Crippen molar-refractivity contribution >= 4 is 35.0 Å². The molecule has 0 N–H and O–H groups in total. The van der Waals surface area contributed by atoms with Crippen molar-refractivity contribution in [2.24, 2.45) is 0 Å². The van der Waals surface area contributed by atoms with Crippen molar-refractivity contribution in [3.05, 3.63) is 58.7 Å². The number of imidazole rings is 1. The second-order valence-corrected chi connectivity index (χ2v) is 8.22. The number of nitrogens with zero attached hydrogens (tertiary/aromatic N) is 2. The number of benzene rings is 2. The fourth-order valence-electron chi connectivity index (χ4n) is 3.31. The number of fused-ring (bicyclic) bond motifs is 1. The zero-order valence-corrected chi connectivity index (χ0v) is 17.2. The van der Waals surface area contributed by atoms with Gasteiger partial charge in [0, 0.05) is 17.4 Å². The molecule has 0 saturated carbocycles. The highest BCUT2D eigenvalue weighted by Crippen LogP contribution is 2.37. The lowest BCUT2D eigenvalue weighted by Gasteiger charge is -2.07. The number of rotatable bonds is 5. The van der Waals surface area contributed by atoms with Crippen LogP contribution in [-0.4, -0.2) is 16.9 Å². The first-order chi connectivity index (χ1) is 13.5. The van der Waals surface area contributed by atoms with Crippen molar-refractivity contribution in [1.82, 2.24) is 4.57 Å². The fraction of sp³-hybridized carbons (Fsp3) is 0.250. The van der Waals surface area contributed by atoms with Crippen LogP contribution in [0, 0.1) is 0 Å². The van der Waals surface area contributed by atoms with E-state index in [9.17, 15) is 8.78 Å². The van der Waals surface area contributed by atoms with Crippen molar-refractivity contribution in [1.29, 1.82) is 0 Å². The predicted molar refractivity (Wildman–Crippen MR) is 108 cm³/mol. The minimum Gasteiger partial charge on any atom is -0.435 e. The number of aromatic nitrogens is 2. The fourth-order valence-corrected chi connectivity index (χ4v) is 5.03. The van der Waals surface area contributed by atoms with Crippen LogP contribution >= 0.6 is 35.0 Å². The average Bonchev–Trinajstić information content (AvgIpc) is 3.23. The molecule has 0 radical (unpaired) electrons. The van der Waals surface area contributed by atoms with Crippen LogP contribution in [0.2, 0.25) is 10.0 Å². The third-order valence-corrected chi connectivity index (χ3v) is 6.66. The molecule has 1 aliphatic rings. The van der Waals surface area contributed by atoms with Crippen LogP contribution in [-0.2, 0) is 0 Å². The Balaban J connectivity index is 1.84. The molecule has 4 rings (SSSR count). The molecule has 0 bridgehead atoms. The van der Waals surface area contributed by atoms with E-state index in [1.165, 1.54) is 0 Å². The molecule has 1 aromatic heterocycles. The lowest BCUT2D eigenvalue weighted by Crippen LogP contribution is -2.36. The summed E-state index contributed by atoms with van der Waals surface area (Å²) < 4.78 is 33.7. The molecule has 8 heteroatoms. The van der Waals surface area contributed by atoms with Gasteiger partial charge in [-0.2, -0.15) is 13.3 Å². The molecule has 0 aliphatic carbocycles. The van der Waals surface area contributed by atoms with Gasteiger partial charge in [-0.05, 0) is 54.6 Å². The molecule has 3 aromatic rings. The maximum atomic E-state index is 12.4. The van der Waals surface area contributed by atoms with E-state index in [-0.39, 0.29) is 5.75 Å². The summed E-state index contributed by atoms with van der Waals surface area (Å²) >= 11 is 14.1. The van der Waals surface area contributed by atoms with Gasteiger partial charge in [0.05, 0.1) is 10.0 Å². The molecule has 0 amide bonds. The molecule has 146 valence electrons. The number of hydrogen-bond donors (Lipinski definition) is 0. The number of halogens is 4. The SMILES string of the molecule is CCC1CSc2n(-c3ccc(Cl)c(Cl)c3)c(-c3ccc(OC(F)F)cc3)c[n+]21. The summed E-state index contributed by atoms with van der Waals surface area (Å²) in [7, 11) is 0. The van der Waals surface area contributed by atoms with Crippen LogP contribution in [0.5, 0.6) is 5.75 Å². The second-order valence-electron chi connectivity index (χ2n) is 6.41. The van der Waals surface area contributed by atoms with E-state index in [0.29, 0.717) is 16.1 Å². The molecule has 28 heavy (non-hydrogen) atoms. The van der Waals surface area contributed by atoms with E-state index in [2.05, 4.69) is 27.0 Å². The second kappa shape index (κ2) is 7.93. The summed E-state index contributed by atoms with van der Waals surface area (Å²) in [5.74, 6) is 1.14. The highest BCUT2D eigenvalue weighted by Gasteiger charge is 2.36. The van der Waals surface area contributed by atoms with Crippen LogP contribution in [0.1, 0.15) is 19.4 Å². The molecule has 0 fully saturated rings. The van der Waals surface area contributed by atoms with E-state index >= 15 is 0 Å². The Bertz CT molecular complexity index is 1010. The summed E-state index contributed by atoms with van der Waals surface area (Å²) in [6.07, 6.45) is 3.13. The Morgan fingerprint density at radius 2 is 1.93 bits per heavy atom. The van der Waals surface area contributed by atoms with Crippen molar-refractivity contribution in [3.8, 4) is 22.7 Å². The van der Waals surface area contributed by atoms with Crippen LogP contribution in [0.25, 0.3) is 16.9 Å². The summed E-state index contributed by atoms with van der Waals surface area (Å²) in [5.41, 5.74) is 2.74. The van der Waals surface area contributed by atoms with Gasteiger partial charge in [0.15, 0.2) is 5.69 Å². The molecule has 1 aliphatic heterocycles. The Hall–Kier alpha value is -1.76. The van der Waals surface area contributed by atoms with Crippen LogP contribution in [0.4, 0.5) is 8.78 Å². The molecule has 0 spiro atoms. The topological polar surface area (TPSA) is 18.0 Å². The lowest BCUT2D eigenvalue weighted by atomic mass is 10.1. The summed E-state index contributed by atoms with van der Waals surface area (Å²) in [5, 5.41) is 2.08. The van der Waals surface area contributed by atoms with E-state index in [1.54, 1.807) is 42.1 Å². The van der Waals surface area contributed by atoms with Crippen molar-refractivity contribution < 1.29 is 18.1 Å². The third kappa shape index (κ3) is 3.61. The van der Waals surface area contributed by atoms with Crippen molar-refractivity contribution in [2.75, 3.05) is 5.75 Å². The third-order valence-electron chi connectivity index (χ3n) is 4.72. The molecular weight excluding hydrogens is 425 g/mol. The smallest absolute Gasteiger partial charge is 0.387 e. The predicted octanol–water partition coefficient (Wildman–Crippen LogP) is 6.40. The first-order valence-electron chi connectivity index (χ1n) is 8.78. The Morgan fingerprint density at radius 3 is 2.57 bits per heavy atom. The quantitative estimate of drug-likeness (QED) is 0.426. The summed E-state index contributed by atoms with van der Waals surface area (Å²) in [4.78, 5) is 0. The van der Waals surface area contributed by atoms with Crippen LogP contribution < -0.4 is 9.30 Å². The number of thioether (sulfide) groups is 1. The molecule has 1 atom stereocenters. The van der Waals surface area contributed by atoms with E-state index in [1.807, 2.05) is 12.1 Å². The standard InChI is InChI=1S/C20H17Cl2F2N2OS/c1-2-13-11-28-20-25(13)10-18(12-3-6-15(7-4-12)27-19(23)24)26(20)14-5-8-16(21)17(22)9-14/h3-10,13,19H,2,11H2,1H3/q+1. The summed E-state index contributed by atoms with van der Waals surface area (Å²) in [6.45, 7) is -0.674. The van der Waals surface area contributed by atoms with E-state index in [0.717, 1.165) is 34.3 Å². The molecule has 3 nitrogen and oxygen atoms in total. The van der Waals surface area contributed by atoms with Gasteiger partial charge in [-0.15, -0.1) is 0 Å². The molecule has 2 heterocycles. The monoisotopic (exact) mass is 441 g/mol. The Morgan fingerprint density at radius 1 is 1.18 bits per heavy atom. The maximum absolute atomic E-state index is 12.4. The lowest BCUT2D eigenvalue weighted by molar-refractivity contribution is -0.747. The van der Waals surface area contributed by atoms with Gasteiger partial charge in [0.25, 0.3) is 0 Å². The molecule has 2 aromatic carbocycles. The first kappa shape index (κ1) is 19.6. The zero-order chi connectivity index (χ0) is 19.8. The van der Waals surface area contributed by atoms with Crippen molar-refractivity contribution in [3.63, 3.8) is 0 Å². The Labute approximate surface area is 175 Å². The highest BCUT2D eigenvalue weighted by atomic mass is 35.5. The Kier molecular flexibility index (Phi) is 5.54. The highest BCUT2D eigenvalue weighted by molar-refractivity contribution is 7.99. The minimum atomic E-state index is -2.84. The van der Waals surface area contributed by atoms with Crippen LogP contribution in [0.3, 0.4) is 0 Å². The van der Waals surface area contributed by atoms with Gasteiger partial charge in [-0.1, -0.05) is 30.1 Å². The summed E-state index contributed by atoms with van der Waals surface area (Å²) in [6, 6.07) is 12.6. The molecule has 0 saturated heterocycles. The van der Waals surface area contributed by atoms with Gasteiger partial charge in [0.1, 0.15) is 23.7 Å². The van der Waals surface area contributed by atoms with E-state index < -0.39 is 6.61 Å². The number of ether oxygens (including phenoxy) is 1. The number of hydrogen-bond acceptors (Lipinski definition) is 2. The average molecular weight is 442 g/mol. The number of alkyl halides is 2. The van der Waals surface area contributed by atoms with Crippen LogP contribution in [0.15, 0.2) is 53.8 Å². The largest absolute Gasteiger partial charge is 0.435 e. The minimum absolute atomic E-state index is 0.132. The zero-order valence-electron chi connectivity index (χ0n) is 14.9. The normalized spacial score (nSPS) is 15.9. The van der Waals surface area contributed by atoms with Crippen molar-refractivity contribution in [2.45, 2.75) is 31.2 Å². The van der Waals surface area contributed by atoms with Gasteiger partial charge in [-0.25, -0.2) is 4.57 Å². The maximum Gasteiger partial charge on any atom is 0.387 e. The van der Waals surface area contributed by atoms with Gasteiger partial charge in [0.2, 0.25) is 0 Å². The van der Waals surface area contributed by atoms with Gasteiger partial charge >= 0.3 is 11.8 Å². The van der Waals surface area contributed by atoms with E-state index in [4.69, 9.17) is 23.2 Å². The van der Waals surface area contributed by atoms with Gasteiger partial charge < -0.3 is 4.74 Å². The molecular formula is C20H17Cl2F2N2OS+.